The van der Waals surface area contributed by atoms with E-state index in [1.54, 1.807) is 20.8 Å². The number of alkyl halides is 2. The van der Waals surface area contributed by atoms with E-state index in [0.717, 1.165) is 6.07 Å². The molecule has 0 saturated heterocycles. The Morgan fingerprint density at radius 2 is 1.86 bits per heavy atom. The Bertz CT molecular complexity index is 524. The third kappa shape index (κ3) is 3.43. The molecule has 1 aromatic heterocycles. The second-order valence-electron chi connectivity index (χ2n) is 5.13. The van der Waals surface area contributed by atoms with Crippen molar-refractivity contribution in [2.75, 3.05) is 6.61 Å². The van der Waals surface area contributed by atoms with E-state index in [0.29, 0.717) is 12.0 Å². The molecule has 0 aliphatic heterocycles. The number of ether oxygens (including phenoxy) is 1. The van der Waals surface area contributed by atoms with Crippen molar-refractivity contribution in [1.82, 2.24) is 4.98 Å². The van der Waals surface area contributed by atoms with Crippen LogP contribution in [-0.2, 0) is 25.7 Å². The average Bonchev–Trinajstić information content (AvgIpc) is 2.46. The van der Waals surface area contributed by atoms with E-state index < -0.39 is 23.0 Å². The fourth-order valence-corrected chi connectivity index (χ4v) is 1.88. The summed E-state index contributed by atoms with van der Waals surface area (Å²) in [6, 6.07) is 2.44. The molecule has 0 amide bonds. The molecule has 1 aromatic rings. The number of hydrogen-bond acceptors (Lipinski definition) is 4. The van der Waals surface area contributed by atoms with Crippen molar-refractivity contribution in [3.63, 3.8) is 0 Å². The summed E-state index contributed by atoms with van der Waals surface area (Å²) in [5, 5.41) is 0. The minimum absolute atomic E-state index is 0.0193. The van der Waals surface area contributed by atoms with Crippen LogP contribution in [0.25, 0.3) is 0 Å². The van der Waals surface area contributed by atoms with E-state index in [9.17, 15) is 18.4 Å². The second kappa shape index (κ2) is 6.28. The lowest BCUT2D eigenvalue weighted by Gasteiger charge is -2.23. The fraction of sp³-hybridized carbons (Fsp3) is 0.533. The molecule has 0 aromatic carbocycles. The number of hydrogen-bond donors (Lipinski definition) is 0. The van der Waals surface area contributed by atoms with Gasteiger partial charge in [0.25, 0.3) is 0 Å². The summed E-state index contributed by atoms with van der Waals surface area (Å²) in [7, 11) is 0. The van der Waals surface area contributed by atoms with Crippen molar-refractivity contribution in [2.24, 2.45) is 0 Å². The van der Waals surface area contributed by atoms with Gasteiger partial charge in [-0.05, 0) is 32.4 Å². The molecule has 116 valence electrons. The van der Waals surface area contributed by atoms with Crippen LogP contribution in [0.5, 0.6) is 0 Å². The summed E-state index contributed by atoms with van der Waals surface area (Å²) < 4.78 is 31.9. The van der Waals surface area contributed by atoms with Crippen molar-refractivity contribution in [3.8, 4) is 0 Å². The smallest absolute Gasteiger partial charge is 0.384 e. The molecule has 0 unspecified atom stereocenters. The van der Waals surface area contributed by atoms with Gasteiger partial charge in [-0.25, -0.2) is 4.79 Å². The molecule has 0 aliphatic carbocycles. The van der Waals surface area contributed by atoms with Gasteiger partial charge >= 0.3 is 11.9 Å². The molecular formula is C15H19F2NO3. The Kier molecular flexibility index (Phi) is 5.15. The summed E-state index contributed by atoms with van der Waals surface area (Å²) >= 11 is 0. The summed E-state index contributed by atoms with van der Waals surface area (Å²) in [5.41, 5.74) is -0.971. The molecule has 1 rings (SSSR count). The van der Waals surface area contributed by atoms with Crippen LogP contribution in [0.1, 0.15) is 45.4 Å². The maximum Gasteiger partial charge on any atom is 0.384 e. The van der Waals surface area contributed by atoms with Gasteiger partial charge in [0, 0.05) is 18.0 Å². The molecule has 0 spiro atoms. The minimum Gasteiger partial charge on any atom is -0.461 e. The Morgan fingerprint density at radius 1 is 1.24 bits per heavy atom. The standard InChI is InChI=1S/C15H19F2NO3/c1-5-12(19)14(3,4)10-7-8-11(18-9-10)15(16,17)13(20)21-6-2/h7-9H,5-6H2,1-4H3. The van der Waals surface area contributed by atoms with Gasteiger partial charge in [0.1, 0.15) is 11.5 Å². The first-order valence-electron chi connectivity index (χ1n) is 6.73. The number of rotatable bonds is 6. The van der Waals surface area contributed by atoms with E-state index in [-0.39, 0.29) is 12.4 Å². The van der Waals surface area contributed by atoms with E-state index in [1.807, 2.05) is 0 Å². The molecule has 0 aliphatic rings. The van der Waals surface area contributed by atoms with Crippen LogP contribution >= 0.6 is 0 Å². The second-order valence-corrected chi connectivity index (χ2v) is 5.13. The highest BCUT2D eigenvalue weighted by Gasteiger charge is 2.44. The molecule has 0 atom stereocenters. The number of nitrogens with zero attached hydrogens (tertiary/aromatic N) is 1. The predicted molar refractivity (Wildman–Crippen MR) is 73.1 cm³/mol. The van der Waals surface area contributed by atoms with Crippen molar-refractivity contribution < 1.29 is 23.1 Å². The highest BCUT2D eigenvalue weighted by atomic mass is 19.3. The minimum atomic E-state index is -3.80. The lowest BCUT2D eigenvalue weighted by Crippen LogP contribution is -2.31. The van der Waals surface area contributed by atoms with Gasteiger partial charge in [0.2, 0.25) is 0 Å². The van der Waals surface area contributed by atoms with Gasteiger partial charge < -0.3 is 4.74 Å². The molecule has 0 saturated carbocycles. The maximum atomic E-state index is 13.8. The summed E-state index contributed by atoms with van der Waals surface area (Å²) in [6.07, 6.45) is 1.55. The van der Waals surface area contributed by atoms with Gasteiger partial charge in [-0.1, -0.05) is 13.0 Å². The van der Waals surface area contributed by atoms with E-state index in [1.165, 1.54) is 19.2 Å². The van der Waals surface area contributed by atoms with Crippen LogP contribution in [0.2, 0.25) is 0 Å². The third-order valence-corrected chi connectivity index (χ3v) is 3.36. The lowest BCUT2D eigenvalue weighted by atomic mass is 9.80. The monoisotopic (exact) mass is 299 g/mol. The predicted octanol–water partition coefficient (Wildman–Crippen LogP) is 2.99. The maximum absolute atomic E-state index is 13.8. The quantitative estimate of drug-likeness (QED) is 0.758. The van der Waals surface area contributed by atoms with Crippen LogP contribution < -0.4 is 0 Å². The van der Waals surface area contributed by atoms with Crippen LogP contribution in [0, 0.1) is 0 Å². The molecule has 0 radical (unpaired) electrons. The zero-order valence-electron chi connectivity index (χ0n) is 12.6. The van der Waals surface area contributed by atoms with Gasteiger partial charge in [-0.2, -0.15) is 8.78 Å². The summed E-state index contributed by atoms with van der Waals surface area (Å²) in [5.74, 6) is -5.45. The van der Waals surface area contributed by atoms with Crippen molar-refractivity contribution in [1.29, 1.82) is 0 Å². The zero-order valence-corrected chi connectivity index (χ0v) is 12.6. The molecule has 4 nitrogen and oxygen atoms in total. The lowest BCUT2D eigenvalue weighted by molar-refractivity contribution is -0.173. The molecule has 6 heteroatoms. The Balaban J connectivity index is 3.08. The normalized spacial score (nSPS) is 12.1. The van der Waals surface area contributed by atoms with Crippen molar-refractivity contribution in [2.45, 2.75) is 45.5 Å². The van der Waals surface area contributed by atoms with E-state index >= 15 is 0 Å². The van der Waals surface area contributed by atoms with Crippen LogP contribution in [0.3, 0.4) is 0 Å². The first-order chi connectivity index (χ1) is 9.67. The summed E-state index contributed by atoms with van der Waals surface area (Å²) in [6.45, 7) is 6.47. The number of carbonyl (C=O) groups is 2. The van der Waals surface area contributed by atoms with Crippen LogP contribution in [-0.4, -0.2) is 23.3 Å². The number of carbonyl (C=O) groups excluding carboxylic acids is 2. The number of aromatic nitrogens is 1. The fourth-order valence-electron chi connectivity index (χ4n) is 1.88. The molecular weight excluding hydrogens is 280 g/mol. The highest BCUT2D eigenvalue weighted by molar-refractivity contribution is 5.89. The average molecular weight is 299 g/mol. The highest BCUT2D eigenvalue weighted by Crippen LogP contribution is 2.30. The van der Waals surface area contributed by atoms with Crippen molar-refractivity contribution >= 4 is 11.8 Å². The number of pyridine rings is 1. The number of esters is 1. The van der Waals surface area contributed by atoms with Crippen LogP contribution in [0.15, 0.2) is 18.3 Å². The molecule has 0 N–H and O–H groups in total. The van der Waals surface area contributed by atoms with Crippen LogP contribution in [0.4, 0.5) is 8.78 Å². The zero-order chi connectivity index (χ0) is 16.3. The molecule has 0 fully saturated rings. The van der Waals surface area contributed by atoms with Crippen molar-refractivity contribution in [3.05, 3.63) is 29.6 Å². The number of halogens is 2. The Labute approximate surface area is 122 Å². The van der Waals surface area contributed by atoms with E-state index in [4.69, 9.17) is 0 Å². The van der Waals surface area contributed by atoms with E-state index in [2.05, 4.69) is 9.72 Å². The van der Waals surface area contributed by atoms with Gasteiger partial charge in [-0.3, -0.25) is 9.78 Å². The first kappa shape index (κ1) is 17.2. The third-order valence-electron chi connectivity index (χ3n) is 3.36. The first-order valence-corrected chi connectivity index (χ1v) is 6.73. The molecule has 21 heavy (non-hydrogen) atoms. The molecule has 1 heterocycles. The largest absolute Gasteiger partial charge is 0.461 e. The van der Waals surface area contributed by atoms with Gasteiger partial charge in [0.15, 0.2) is 0 Å². The SMILES string of the molecule is CCOC(=O)C(F)(F)c1ccc(C(C)(C)C(=O)CC)cn1. The van der Waals surface area contributed by atoms with Gasteiger partial charge in [0.05, 0.1) is 6.61 Å². The number of Topliss-reactive ketones (excluding diaryl/α,β-unsaturated/α-hetero) is 1. The Hall–Kier alpha value is -1.85. The Morgan fingerprint density at radius 3 is 2.29 bits per heavy atom. The van der Waals surface area contributed by atoms with Gasteiger partial charge in [-0.15, -0.1) is 0 Å². The molecule has 0 bridgehead atoms. The number of ketones is 1. The summed E-state index contributed by atoms with van der Waals surface area (Å²) in [4.78, 5) is 26.7. The topological polar surface area (TPSA) is 56.3 Å².